The van der Waals surface area contributed by atoms with Gasteiger partial charge in [0.25, 0.3) is 11.5 Å². The molecule has 3 aromatic rings. The second-order valence-electron chi connectivity index (χ2n) is 6.66. The Balaban J connectivity index is 1.68. The molecule has 29 heavy (non-hydrogen) atoms. The van der Waals surface area contributed by atoms with E-state index in [1.807, 2.05) is 6.07 Å². The minimum Gasteiger partial charge on any atom is -0.467 e. The number of hydrogen-bond donors (Lipinski definition) is 0. The first-order valence-corrected chi connectivity index (χ1v) is 8.95. The van der Waals surface area contributed by atoms with E-state index < -0.39 is 17.5 Å². The van der Waals surface area contributed by atoms with E-state index in [-0.39, 0.29) is 12.1 Å². The van der Waals surface area contributed by atoms with Crippen molar-refractivity contribution in [2.45, 2.75) is 32.9 Å². The second-order valence-corrected chi connectivity index (χ2v) is 6.66. The number of furan rings is 2. The third kappa shape index (κ3) is 3.25. The molecule has 0 N–H and O–H groups in total. The molecule has 0 aromatic carbocycles. The Morgan fingerprint density at radius 3 is 2.69 bits per heavy atom. The van der Waals surface area contributed by atoms with Gasteiger partial charge < -0.3 is 8.83 Å². The average Bonchev–Trinajstić information content (AvgIpc) is 3.47. The molecule has 0 fully saturated rings. The topological polar surface area (TPSA) is 118 Å². The van der Waals surface area contributed by atoms with Gasteiger partial charge in [0.15, 0.2) is 0 Å². The van der Waals surface area contributed by atoms with Crippen molar-refractivity contribution >= 4 is 11.6 Å². The predicted octanol–water partition coefficient (Wildman–Crippen LogP) is 2.30. The van der Waals surface area contributed by atoms with E-state index in [4.69, 9.17) is 8.83 Å². The van der Waals surface area contributed by atoms with Crippen molar-refractivity contribution in [1.82, 2.24) is 14.8 Å². The third-order valence-electron chi connectivity index (χ3n) is 4.88. The molecule has 1 unspecified atom stereocenters. The highest BCUT2D eigenvalue weighted by molar-refractivity contribution is 6.01. The Hall–Kier alpha value is -3.93. The van der Waals surface area contributed by atoms with Gasteiger partial charge in [0.05, 0.1) is 18.2 Å². The quantitative estimate of drug-likeness (QED) is 0.673. The van der Waals surface area contributed by atoms with Gasteiger partial charge in [-0.05, 0) is 43.7 Å². The summed E-state index contributed by atoms with van der Waals surface area (Å²) in [6, 6.07) is 8.43. The lowest BCUT2D eigenvalue weighted by molar-refractivity contribution is -0.134. The lowest BCUT2D eigenvalue weighted by atomic mass is 10.1. The maximum atomic E-state index is 13.0. The summed E-state index contributed by atoms with van der Waals surface area (Å²) in [7, 11) is 0. The highest BCUT2D eigenvalue weighted by Gasteiger charge is 2.36. The number of aryl methyl sites for hydroxylation is 1. The lowest BCUT2D eigenvalue weighted by Gasteiger charge is -2.20. The third-order valence-corrected chi connectivity index (χ3v) is 4.88. The van der Waals surface area contributed by atoms with Gasteiger partial charge >= 0.3 is 0 Å². The summed E-state index contributed by atoms with van der Waals surface area (Å²) in [5.74, 6) is 0.682. The molecule has 0 spiro atoms. The van der Waals surface area contributed by atoms with Gasteiger partial charge in [0, 0.05) is 6.42 Å². The molecule has 0 saturated carbocycles. The minimum absolute atomic E-state index is 0.0194. The van der Waals surface area contributed by atoms with Crippen molar-refractivity contribution in [1.29, 1.82) is 5.26 Å². The monoisotopic (exact) mass is 391 g/mol. The number of carbonyl (C=O) groups is 1. The molecule has 4 rings (SSSR count). The van der Waals surface area contributed by atoms with Crippen LogP contribution in [0.3, 0.4) is 0 Å². The molecule has 0 saturated heterocycles. The fraction of sp³-hybridized carbons (Fsp3) is 0.250. The molecular formula is C20H17N5O4. The Bertz CT molecular complexity index is 1180. The normalized spacial score (nSPS) is 16.0. The molecule has 1 aliphatic heterocycles. The molecule has 9 nitrogen and oxygen atoms in total. The van der Waals surface area contributed by atoms with Crippen molar-refractivity contribution in [2.24, 2.45) is 5.10 Å². The number of hydrogen-bond acceptors (Lipinski definition) is 7. The van der Waals surface area contributed by atoms with Crippen LogP contribution in [-0.4, -0.2) is 26.4 Å². The lowest BCUT2D eigenvalue weighted by Crippen LogP contribution is -2.36. The van der Waals surface area contributed by atoms with Gasteiger partial charge in [-0.3, -0.25) is 9.59 Å². The number of amides is 1. The summed E-state index contributed by atoms with van der Waals surface area (Å²) < 4.78 is 11.9. The first-order chi connectivity index (χ1) is 14.0. The molecule has 0 bridgehead atoms. The maximum absolute atomic E-state index is 13.0. The number of nitrogens with zero attached hydrogens (tertiary/aromatic N) is 5. The van der Waals surface area contributed by atoms with Gasteiger partial charge in [-0.2, -0.15) is 15.5 Å². The number of rotatable bonds is 4. The molecule has 9 heteroatoms. The zero-order valence-electron chi connectivity index (χ0n) is 15.8. The van der Waals surface area contributed by atoms with Crippen molar-refractivity contribution in [3.8, 4) is 6.07 Å². The van der Waals surface area contributed by atoms with Crippen LogP contribution in [0, 0.1) is 25.2 Å². The van der Waals surface area contributed by atoms with Crippen LogP contribution in [0.5, 0.6) is 0 Å². The number of aromatic nitrogens is 2. The maximum Gasteiger partial charge on any atom is 0.285 e. The van der Waals surface area contributed by atoms with Crippen molar-refractivity contribution in [3.63, 3.8) is 0 Å². The summed E-state index contributed by atoms with van der Waals surface area (Å²) >= 11 is 0. The van der Waals surface area contributed by atoms with Crippen molar-refractivity contribution in [3.05, 3.63) is 75.5 Å². The van der Waals surface area contributed by atoms with E-state index in [0.29, 0.717) is 34.9 Å². The Morgan fingerprint density at radius 2 is 2.03 bits per heavy atom. The van der Waals surface area contributed by atoms with Crippen LogP contribution in [-0.2, 0) is 11.3 Å². The van der Waals surface area contributed by atoms with Crippen LogP contribution in [0.2, 0.25) is 0 Å². The summed E-state index contributed by atoms with van der Waals surface area (Å²) in [6.45, 7) is 2.99. The van der Waals surface area contributed by atoms with E-state index >= 15 is 0 Å². The first-order valence-electron chi connectivity index (χ1n) is 8.95. The highest BCUT2D eigenvalue weighted by atomic mass is 16.3. The fourth-order valence-electron chi connectivity index (χ4n) is 3.25. The summed E-state index contributed by atoms with van der Waals surface area (Å²) in [6.07, 6.45) is 3.47. The standard InChI is InChI=1S/C20H17N5O4/c1-12-13(2)22-24(20(27)14(12)10-21)11-19(26)25-16(18-6-4-8-29-18)9-15(23-25)17-5-3-7-28-17/h3-8,16H,9,11H2,1-2H3. The van der Waals surface area contributed by atoms with Crippen LogP contribution in [0.4, 0.5) is 0 Å². The smallest absolute Gasteiger partial charge is 0.285 e. The van der Waals surface area contributed by atoms with Crippen molar-refractivity contribution in [2.75, 3.05) is 0 Å². The zero-order chi connectivity index (χ0) is 20.5. The molecule has 1 amide bonds. The Labute approximate surface area is 165 Å². The molecule has 146 valence electrons. The number of nitriles is 1. The summed E-state index contributed by atoms with van der Waals surface area (Å²) in [5.41, 5.74) is 0.997. The van der Waals surface area contributed by atoms with Crippen LogP contribution in [0.1, 0.15) is 40.8 Å². The number of carbonyl (C=O) groups excluding carboxylic acids is 1. The molecule has 1 atom stereocenters. The van der Waals surface area contributed by atoms with Gasteiger partial charge in [-0.1, -0.05) is 0 Å². The largest absolute Gasteiger partial charge is 0.467 e. The molecule has 3 aromatic heterocycles. The molecule has 0 aliphatic carbocycles. The van der Waals surface area contributed by atoms with Crippen molar-refractivity contribution < 1.29 is 13.6 Å². The average molecular weight is 391 g/mol. The molecule has 1 aliphatic rings. The van der Waals surface area contributed by atoms with E-state index in [1.165, 1.54) is 17.5 Å². The van der Waals surface area contributed by atoms with Gasteiger partial charge in [-0.15, -0.1) is 0 Å². The number of hydrazone groups is 1. The fourth-order valence-corrected chi connectivity index (χ4v) is 3.25. The van der Waals surface area contributed by atoms with Gasteiger partial charge in [0.2, 0.25) is 0 Å². The predicted molar refractivity (Wildman–Crippen MR) is 101 cm³/mol. The Kier molecular flexibility index (Phi) is 4.60. The van der Waals surface area contributed by atoms with Crippen LogP contribution < -0.4 is 5.56 Å². The van der Waals surface area contributed by atoms with Gasteiger partial charge in [0.1, 0.15) is 41.5 Å². The first kappa shape index (κ1) is 18.4. The van der Waals surface area contributed by atoms with Crippen LogP contribution in [0.15, 0.2) is 55.5 Å². The minimum atomic E-state index is -0.604. The molecular weight excluding hydrogens is 374 g/mol. The highest BCUT2D eigenvalue weighted by Crippen LogP contribution is 2.33. The second kappa shape index (κ2) is 7.24. The zero-order valence-corrected chi connectivity index (χ0v) is 15.8. The van der Waals surface area contributed by atoms with Crippen LogP contribution in [0.25, 0.3) is 0 Å². The molecule has 4 heterocycles. The van der Waals surface area contributed by atoms with E-state index in [0.717, 1.165) is 4.68 Å². The van der Waals surface area contributed by atoms with E-state index in [2.05, 4.69) is 10.2 Å². The van der Waals surface area contributed by atoms with Crippen LogP contribution >= 0.6 is 0 Å². The summed E-state index contributed by atoms with van der Waals surface area (Å²) in [5, 5.41) is 19.1. The molecule has 0 radical (unpaired) electrons. The van der Waals surface area contributed by atoms with Gasteiger partial charge in [-0.25, -0.2) is 9.69 Å². The Morgan fingerprint density at radius 1 is 1.28 bits per heavy atom. The van der Waals surface area contributed by atoms with E-state index in [1.54, 1.807) is 38.1 Å². The van der Waals surface area contributed by atoms with E-state index in [9.17, 15) is 14.9 Å². The summed E-state index contributed by atoms with van der Waals surface area (Å²) in [4.78, 5) is 25.6. The SMILES string of the molecule is Cc1nn(CC(=O)N2N=C(c3ccco3)CC2c2ccco2)c(=O)c(C#N)c1C.